The van der Waals surface area contributed by atoms with Gasteiger partial charge in [-0.3, -0.25) is 4.79 Å². The van der Waals surface area contributed by atoms with Crippen LogP contribution in [0.4, 0.5) is 0 Å². The van der Waals surface area contributed by atoms with Gasteiger partial charge in [-0.2, -0.15) is 0 Å². The van der Waals surface area contributed by atoms with Crippen molar-refractivity contribution >= 4 is 18.0 Å². The van der Waals surface area contributed by atoms with E-state index in [1.807, 2.05) is 37.3 Å². The van der Waals surface area contributed by atoms with Gasteiger partial charge in [0.25, 0.3) is 0 Å². The van der Waals surface area contributed by atoms with Gasteiger partial charge in [0, 0.05) is 6.92 Å². The van der Waals surface area contributed by atoms with E-state index in [0.29, 0.717) is 6.61 Å². The number of carbonyl (C=O) groups is 1. The Morgan fingerprint density at radius 3 is 2.67 bits per heavy atom. The lowest BCUT2D eigenvalue weighted by atomic mass is 10.3. The van der Waals surface area contributed by atoms with E-state index in [0.717, 1.165) is 17.8 Å². The largest absolute Gasteiger partial charge is 0.492 e. The lowest BCUT2D eigenvalue weighted by Crippen LogP contribution is -2.11. The van der Waals surface area contributed by atoms with Gasteiger partial charge >= 0.3 is 5.97 Å². The summed E-state index contributed by atoms with van der Waals surface area (Å²) in [6.07, 6.45) is 0. The Morgan fingerprint density at radius 1 is 1.40 bits per heavy atom. The van der Waals surface area contributed by atoms with Gasteiger partial charge in [-0.25, -0.2) is 0 Å². The van der Waals surface area contributed by atoms with E-state index in [1.54, 1.807) is 0 Å². The second kappa shape index (κ2) is 6.35. The van der Waals surface area contributed by atoms with E-state index >= 15 is 0 Å². The Bertz CT molecular complexity index is 300. The third-order valence-electron chi connectivity index (χ3n) is 1.56. The molecule has 0 saturated carbocycles. The summed E-state index contributed by atoms with van der Waals surface area (Å²) >= 11 is 1.13. The summed E-state index contributed by atoms with van der Waals surface area (Å²) < 4.78 is 10.3. The Hall–Kier alpha value is -1.16. The summed E-state index contributed by atoms with van der Waals surface area (Å²) in [6, 6.07) is 9.55. The minimum Gasteiger partial charge on any atom is -0.492 e. The first-order valence-corrected chi connectivity index (χ1v) is 5.50. The average molecular weight is 226 g/mol. The zero-order valence-corrected chi connectivity index (χ0v) is 9.62. The van der Waals surface area contributed by atoms with E-state index < -0.39 is 0 Å². The lowest BCUT2D eigenvalue weighted by molar-refractivity contribution is -0.130. The minimum atomic E-state index is -0.286. The Balaban J connectivity index is 2.22. The van der Waals surface area contributed by atoms with Crippen molar-refractivity contribution in [1.29, 1.82) is 0 Å². The topological polar surface area (TPSA) is 35.5 Å². The van der Waals surface area contributed by atoms with Gasteiger partial charge in [0.1, 0.15) is 12.4 Å². The minimum absolute atomic E-state index is 0.120. The molecule has 0 saturated heterocycles. The molecule has 0 aliphatic heterocycles. The Morgan fingerprint density at radius 2 is 2.07 bits per heavy atom. The number of hydrogen-bond acceptors (Lipinski definition) is 4. The fourth-order valence-electron chi connectivity index (χ4n) is 0.908. The molecule has 0 aromatic heterocycles. The van der Waals surface area contributed by atoms with Gasteiger partial charge in [-0.15, -0.1) is 0 Å². The average Bonchev–Trinajstić information content (AvgIpc) is 2.25. The molecule has 1 aromatic carbocycles. The predicted molar refractivity (Wildman–Crippen MR) is 60.8 cm³/mol. The molecule has 0 fully saturated rings. The standard InChI is InChI=1S/C11H14O3S/c1-9(15-14-10(2)12)8-13-11-6-4-3-5-7-11/h3-7,9H,8H2,1-2H3. The molecule has 0 amide bonds. The van der Waals surface area contributed by atoms with Crippen LogP contribution in [0.5, 0.6) is 5.75 Å². The molecule has 0 aliphatic carbocycles. The molecule has 1 aromatic rings. The van der Waals surface area contributed by atoms with Crippen molar-refractivity contribution in [2.75, 3.05) is 6.61 Å². The number of ether oxygens (including phenoxy) is 1. The maximum absolute atomic E-state index is 10.5. The van der Waals surface area contributed by atoms with E-state index in [4.69, 9.17) is 8.92 Å². The van der Waals surface area contributed by atoms with Crippen molar-refractivity contribution in [2.24, 2.45) is 0 Å². The maximum atomic E-state index is 10.5. The van der Waals surface area contributed by atoms with Crippen LogP contribution in [0.1, 0.15) is 13.8 Å². The zero-order chi connectivity index (χ0) is 11.1. The normalized spacial score (nSPS) is 11.9. The highest BCUT2D eigenvalue weighted by molar-refractivity contribution is 7.95. The molecule has 3 nitrogen and oxygen atoms in total. The highest BCUT2D eigenvalue weighted by Crippen LogP contribution is 2.15. The molecule has 0 aliphatic rings. The molecule has 0 heterocycles. The van der Waals surface area contributed by atoms with E-state index in [1.165, 1.54) is 6.92 Å². The molecule has 15 heavy (non-hydrogen) atoms. The second-order valence-electron chi connectivity index (χ2n) is 3.11. The monoisotopic (exact) mass is 226 g/mol. The molecular formula is C11H14O3S. The number of hydrogen-bond donors (Lipinski definition) is 0. The van der Waals surface area contributed by atoms with Crippen molar-refractivity contribution in [3.05, 3.63) is 30.3 Å². The lowest BCUT2D eigenvalue weighted by Gasteiger charge is -2.10. The third kappa shape index (κ3) is 5.32. The summed E-state index contributed by atoms with van der Waals surface area (Å²) in [4.78, 5) is 10.5. The van der Waals surface area contributed by atoms with Crippen LogP contribution in [0.2, 0.25) is 0 Å². The van der Waals surface area contributed by atoms with Gasteiger partial charge < -0.3 is 8.92 Å². The zero-order valence-electron chi connectivity index (χ0n) is 8.80. The van der Waals surface area contributed by atoms with Crippen LogP contribution < -0.4 is 4.74 Å². The van der Waals surface area contributed by atoms with Crippen LogP contribution in [-0.2, 0) is 8.98 Å². The quantitative estimate of drug-likeness (QED) is 0.723. The number of benzene rings is 1. The van der Waals surface area contributed by atoms with Crippen LogP contribution in [0, 0.1) is 0 Å². The highest BCUT2D eigenvalue weighted by atomic mass is 32.2. The summed E-state index contributed by atoms with van der Waals surface area (Å²) in [5.74, 6) is 0.541. The van der Waals surface area contributed by atoms with Crippen LogP contribution in [0.3, 0.4) is 0 Å². The first-order chi connectivity index (χ1) is 7.18. The first-order valence-electron chi connectivity index (χ1n) is 4.70. The first kappa shape index (κ1) is 11.9. The fraction of sp³-hybridized carbons (Fsp3) is 0.364. The van der Waals surface area contributed by atoms with Gasteiger partial charge in [0.15, 0.2) is 0 Å². The van der Waals surface area contributed by atoms with Crippen molar-refractivity contribution in [2.45, 2.75) is 19.1 Å². The van der Waals surface area contributed by atoms with Crippen molar-refractivity contribution < 1.29 is 13.7 Å². The molecule has 0 spiro atoms. The number of carbonyl (C=O) groups excluding carboxylic acids is 1. The molecule has 4 heteroatoms. The molecule has 0 radical (unpaired) electrons. The SMILES string of the molecule is CC(=O)OSC(C)COc1ccccc1. The van der Waals surface area contributed by atoms with Gasteiger partial charge in [-0.1, -0.05) is 18.2 Å². The second-order valence-corrected chi connectivity index (χ2v) is 4.27. The smallest absolute Gasteiger partial charge is 0.314 e. The van der Waals surface area contributed by atoms with Gasteiger partial charge in [-0.05, 0) is 19.1 Å². The predicted octanol–water partition coefficient (Wildman–Crippen LogP) is 2.67. The summed E-state index contributed by atoms with van der Waals surface area (Å²) in [5.41, 5.74) is 0. The van der Waals surface area contributed by atoms with Crippen LogP contribution in [0.25, 0.3) is 0 Å². The molecule has 1 rings (SSSR count). The van der Waals surface area contributed by atoms with Crippen molar-refractivity contribution in [3.63, 3.8) is 0 Å². The summed E-state index contributed by atoms with van der Waals surface area (Å²) in [6.45, 7) is 3.84. The number of rotatable bonds is 5. The molecule has 0 N–H and O–H groups in total. The highest BCUT2D eigenvalue weighted by Gasteiger charge is 2.06. The van der Waals surface area contributed by atoms with Crippen LogP contribution >= 0.6 is 12.0 Å². The molecule has 0 bridgehead atoms. The molecule has 1 atom stereocenters. The third-order valence-corrected chi connectivity index (χ3v) is 2.35. The van der Waals surface area contributed by atoms with E-state index in [2.05, 4.69) is 0 Å². The molecule has 1 unspecified atom stereocenters. The van der Waals surface area contributed by atoms with Crippen LogP contribution in [-0.4, -0.2) is 17.8 Å². The van der Waals surface area contributed by atoms with Crippen LogP contribution in [0.15, 0.2) is 30.3 Å². The number of para-hydroxylation sites is 1. The fourth-order valence-corrected chi connectivity index (χ4v) is 1.33. The van der Waals surface area contributed by atoms with E-state index in [9.17, 15) is 4.79 Å². The summed E-state index contributed by atoms with van der Waals surface area (Å²) in [5, 5.41) is 0.120. The summed E-state index contributed by atoms with van der Waals surface area (Å²) in [7, 11) is 0. The Kier molecular flexibility index (Phi) is 5.04. The molecular weight excluding hydrogens is 212 g/mol. The van der Waals surface area contributed by atoms with Gasteiger partial charge in [0.2, 0.25) is 0 Å². The van der Waals surface area contributed by atoms with Gasteiger partial charge in [0.05, 0.1) is 17.3 Å². The molecule has 82 valence electrons. The van der Waals surface area contributed by atoms with Crippen molar-refractivity contribution in [3.8, 4) is 5.75 Å². The van der Waals surface area contributed by atoms with E-state index in [-0.39, 0.29) is 11.2 Å². The Labute approximate surface area is 94.0 Å². The van der Waals surface area contributed by atoms with Crippen molar-refractivity contribution in [1.82, 2.24) is 0 Å². The maximum Gasteiger partial charge on any atom is 0.314 e.